The fraction of sp³-hybridized carbons (Fsp3) is 0.474. The normalized spacial score (nSPS) is 23.8. The summed E-state index contributed by atoms with van der Waals surface area (Å²) < 4.78 is 7.37. The monoisotopic (exact) mass is 351 g/mol. The van der Waals surface area contributed by atoms with Gasteiger partial charge in [-0.25, -0.2) is 9.67 Å². The molecule has 0 aromatic carbocycles. The molecule has 0 radical (unpaired) electrons. The average molecular weight is 351 g/mol. The van der Waals surface area contributed by atoms with Crippen molar-refractivity contribution < 1.29 is 4.74 Å². The van der Waals surface area contributed by atoms with Crippen molar-refractivity contribution in [3.05, 3.63) is 52.5 Å². The Balaban J connectivity index is 1.53. The molecule has 2 atom stereocenters. The molecule has 2 aliphatic rings. The standard InChI is InChI=1S/C19H21N5O2/c25-19-15-11-21-24(12-6-9-26-10-7-12)18(15)22-17(23-19)14-5-4-13(14)16-3-1-2-8-20-16/h1-3,8,11-14H,4-7,9-10H2,(H,22,23,25)/t13-,14+/m1/s1. The molecule has 7 nitrogen and oxygen atoms in total. The van der Waals surface area contributed by atoms with Crippen molar-refractivity contribution in [2.24, 2.45) is 0 Å². The van der Waals surface area contributed by atoms with Crippen LogP contribution in [-0.2, 0) is 4.74 Å². The first-order valence-electron chi connectivity index (χ1n) is 9.27. The number of rotatable bonds is 3. The van der Waals surface area contributed by atoms with E-state index in [1.54, 1.807) is 6.20 Å². The molecule has 3 aromatic heterocycles. The molecule has 1 N–H and O–H groups in total. The quantitative estimate of drug-likeness (QED) is 0.784. The van der Waals surface area contributed by atoms with Crippen LogP contribution < -0.4 is 5.56 Å². The lowest BCUT2D eigenvalue weighted by molar-refractivity contribution is 0.0673. The average Bonchev–Trinajstić information content (AvgIpc) is 3.07. The van der Waals surface area contributed by atoms with Crippen LogP contribution >= 0.6 is 0 Å². The van der Waals surface area contributed by atoms with Crippen LogP contribution in [0.2, 0.25) is 0 Å². The summed E-state index contributed by atoms with van der Waals surface area (Å²) in [6.45, 7) is 1.46. The van der Waals surface area contributed by atoms with Crippen LogP contribution in [0.25, 0.3) is 11.0 Å². The van der Waals surface area contributed by atoms with E-state index in [-0.39, 0.29) is 17.5 Å². The van der Waals surface area contributed by atoms with E-state index in [9.17, 15) is 4.79 Å². The van der Waals surface area contributed by atoms with Gasteiger partial charge in [-0.1, -0.05) is 6.07 Å². The highest BCUT2D eigenvalue weighted by atomic mass is 16.5. The lowest BCUT2D eigenvalue weighted by atomic mass is 9.71. The van der Waals surface area contributed by atoms with E-state index < -0.39 is 0 Å². The minimum absolute atomic E-state index is 0.102. The van der Waals surface area contributed by atoms with Crippen molar-refractivity contribution in [3.63, 3.8) is 0 Å². The Bertz CT molecular complexity index is 975. The first-order chi connectivity index (χ1) is 12.8. The van der Waals surface area contributed by atoms with Gasteiger partial charge in [0, 0.05) is 36.9 Å². The molecule has 1 saturated carbocycles. The molecule has 0 spiro atoms. The van der Waals surface area contributed by atoms with E-state index in [1.165, 1.54) is 0 Å². The molecule has 7 heteroatoms. The summed E-state index contributed by atoms with van der Waals surface area (Å²) in [5.74, 6) is 1.29. The summed E-state index contributed by atoms with van der Waals surface area (Å²) in [6.07, 6.45) is 7.35. The molecule has 3 aromatic rings. The van der Waals surface area contributed by atoms with Crippen LogP contribution in [0.15, 0.2) is 35.4 Å². The smallest absolute Gasteiger partial charge is 0.262 e. The lowest BCUT2D eigenvalue weighted by Crippen LogP contribution is -2.27. The van der Waals surface area contributed by atoms with Gasteiger partial charge < -0.3 is 9.72 Å². The van der Waals surface area contributed by atoms with Crippen molar-refractivity contribution in [2.45, 2.75) is 43.6 Å². The molecule has 134 valence electrons. The van der Waals surface area contributed by atoms with E-state index in [1.807, 2.05) is 23.0 Å². The van der Waals surface area contributed by atoms with Crippen LogP contribution in [0.4, 0.5) is 0 Å². The molecule has 1 saturated heterocycles. The summed E-state index contributed by atoms with van der Waals surface area (Å²) in [4.78, 5) is 24.9. The molecule has 0 unspecified atom stereocenters. The Morgan fingerprint density at radius 2 is 1.96 bits per heavy atom. The van der Waals surface area contributed by atoms with E-state index in [0.29, 0.717) is 17.0 Å². The van der Waals surface area contributed by atoms with Gasteiger partial charge in [-0.15, -0.1) is 0 Å². The van der Waals surface area contributed by atoms with Gasteiger partial charge in [0.15, 0.2) is 5.65 Å². The number of H-pyrrole nitrogens is 1. The molecule has 2 fully saturated rings. The topological polar surface area (TPSA) is 85.7 Å². The summed E-state index contributed by atoms with van der Waals surface area (Å²) >= 11 is 0. The number of aromatic amines is 1. The number of hydrogen-bond acceptors (Lipinski definition) is 5. The van der Waals surface area contributed by atoms with Crippen molar-refractivity contribution in [1.82, 2.24) is 24.7 Å². The number of nitrogens with zero attached hydrogens (tertiary/aromatic N) is 4. The highest BCUT2D eigenvalue weighted by Gasteiger charge is 2.36. The molecule has 1 aliphatic carbocycles. The molecule has 0 amide bonds. The Hall–Kier alpha value is -2.54. The number of nitrogens with one attached hydrogen (secondary N) is 1. The predicted molar refractivity (Wildman–Crippen MR) is 96.2 cm³/mol. The van der Waals surface area contributed by atoms with E-state index in [4.69, 9.17) is 9.72 Å². The van der Waals surface area contributed by atoms with Gasteiger partial charge in [0.2, 0.25) is 0 Å². The third kappa shape index (κ3) is 2.54. The number of ether oxygens (including phenoxy) is 1. The number of hydrogen-bond donors (Lipinski definition) is 1. The molecule has 1 aliphatic heterocycles. The minimum atomic E-state index is -0.102. The number of aromatic nitrogens is 5. The second-order valence-corrected chi connectivity index (χ2v) is 7.17. The number of pyridine rings is 1. The predicted octanol–water partition coefficient (Wildman–Crippen LogP) is 2.53. The minimum Gasteiger partial charge on any atom is -0.381 e. The Kier molecular flexibility index (Phi) is 3.81. The third-order valence-electron chi connectivity index (χ3n) is 5.71. The second-order valence-electron chi connectivity index (χ2n) is 7.17. The molecule has 26 heavy (non-hydrogen) atoms. The fourth-order valence-corrected chi connectivity index (χ4v) is 4.10. The largest absolute Gasteiger partial charge is 0.381 e. The van der Waals surface area contributed by atoms with Gasteiger partial charge in [-0.2, -0.15) is 5.10 Å². The molecule has 4 heterocycles. The maximum Gasteiger partial charge on any atom is 0.262 e. The van der Waals surface area contributed by atoms with E-state index in [2.05, 4.69) is 21.1 Å². The highest BCUT2D eigenvalue weighted by molar-refractivity contribution is 5.73. The van der Waals surface area contributed by atoms with Gasteiger partial charge in [-0.3, -0.25) is 9.78 Å². The lowest BCUT2D eigenvalue weighted by Gasteiger charge is -2.35. The van der Waals surface area contributed by atoms with Gasteiger partial charge >= 0.3 is 0 Å². The van der Waals surface area contributed by atoms with Crippen molar-refractivity contribution in [3.8, 4) is 0 Å². The first-order valence-corrected chi connectivity index (χ1v) is 9.27. The first kappa shape index (κ1) is 15.7. The third-order valence-corrected chi connectivity index (χ3v) is 5.71. The second kappa shape index (κ2) is 6.32. The Morgan fingerprint density at radius 3 is 2.69 bits per heavy atom. The zero-order valence-electron chi connectivity index (χ0n) is 14.5. The summed E-state index contributed by atoms with van der Waals surface area (Å²) in [6, 6.07) is 6.24. The zero-order chi connectivity index (χ0) is 17.5. The van der Waals surface area contributed by atoms with E-state index in [0.717, 1.165) is 50.4 Å². The van der Waals surface area contributed by atoms with Crippen LogP contribution in [0.1, 0.15) is 55.1 Å². The van der Waals surface area contributed by atoms with Crippen molar-refractivity contribution in [1.29, 1.82) is 0 Å². The maximum absolute atomic E-state index is 12.6. The highest BCUT2D eigenvalue weighted by Crippen LogP contribution is 2.47. The van der Waals surface area contributed by atoms with Gasteiger partial charge in [-0.05, 0) is 37.8 Å². The molecular formula is C19H21N5O2. The number of fused-ring (bicyclic) bond motifs is 1. The summed E-state index contributed by atoms with van der Waals surface area (Å²) in [5.41, 5.74) is 1.67. The Labute approximate surface area is 150 Å². The van der Waals surface area contributed by atoms with Crippen molar-refractivity contribution >= 4 is 11.0 Å². The van der Waals surface area contributed by atoms with Crippen LogP contribution in [0.5, 0.6) is 0 Å². The molecule has 0 bridgehead atoms. The molecule has 5 rings (SSSR count). The van der Waals surface area contributed by atoms with Gasteiger partial charge in [0.1, 0.15) is 11.2 Å². The van der Waals surface area contributed by atoms with Gasteiger partial charge in [0.05, 0.1) is 12.2 Å². The Morgan fingerprint density at radius 1 is 1.12 bits per heavy atom. The van der Waals surface area contributed by atoms with Crippen molar-refractivity contribution in [2.75, 3.05) is 13.2 Å². The van der Waals surface area contributed by atoms with Crippen LogP contribution in [0.3, 0.4) is 0 Å². The zero-order valence-corrected chi connectivity index (χ0v) is 14.5. The van der Waals surface area contributed by atoms with Gasteiger partial charge in [0.25, 0.3) is 5.56 Å². The SMILES string of the molecule is O=c1[nH]c([C@H]2CC[C@H]2c2ccccn2)nc2c1cnn2C1CCOCC1. The fourth-order valence-electron chi connectivity index (χ4n) is 4.10. The maximum atomic E-state index is 12.6. The van der Waals surface area contributed by atoms with Crippen LogP contribution in [0, 0.1) is 0 Å². The summed E-state index contributed by atoms with van der Waals surface area (Å²) in [7, 11) is 0. The van der Waals surface area contributed by atoms with Crippen LogP contribution in [-0.4, -0.2) is 37.9 Å². The molecular weight excluding hydrogens is 330 g/mol. The van der Waals surface area contributed by atoms with E-state index >= 15 is 0 Å². The summed E-state index contributed by atoms with van der Waals surface area (Å²) in [5, 5.41) is 5.03.